The summed E-state index contributed by atoms with van der Waals surface area (Å²) in [5.74, 6) is 2.75. The van der Waals surface area contributed by atoms with Gasteiger partial charge in [0.05, 0.1) is 11.8 Å². The quantitative estimate of drug-likeness (QED) is 0.198. The van der Waals surface area contributed by atoms with Gasteiger partial charge in [-0.2, -0.15) is 0 Å². The summed E-state index contributed by atoms with van der Waals surface area (Å²) in [7, 11) is -10.7. The van der Waals surface area contributed by atoms with Gasteiger partial charge < -0.3 is 9.47 Å². The second-order valence-electron chi connectivity index (χ2n) is 5.04. The van der Waals surface area contributed by atoms with Gasteiger partial charge in [0.15, 0.2) is 7.14 Å². The van der Waals surface area contributed by atoms with Crippen LogP contribution in [-0.4, -0.2) is 25.0 Å². The second-order valence-corrected chi connectivity index (χ2v) is 10.7. The standard InChI is InChI=1S/C16H16Cl2IO2.F6P/c17-9-11-20-15-5-1-13(2-6-15)19-14-3-7-16(8-4-14)21-12-10-18;1-7(2,3,4,5)6/h1-8H,9-12H2;/q+1;-1. The van der Waals surface area contributed by atoms with Crippen molar-refractivity contribution >= 4 is 31.0 Å². The molecule has 0 saturated heterocycles. The third-order valence-electron chi connectivity index (χ3n) is 2.54. The van der Waals surface area contributed by atoms with Crippen molar-refractivity contribution in [3.05, 3.63) is 55.7 Å². The van der Waals surface area contributed by atoms with Crippen molar-refractivity contribution in [2.24, 2.45) is 0 Å². The van der Waals surface area contributed by atoms with Crippen molar-refractivity contribution < 1.29 is 55.9 Å². The molecule has 0 unspecified atom stereocenters. The van der Waals surface area contributed by atoms with Gasteiger partial charge in [0, 0.05) is 0 Å². The van der Waals surface area contributed by atoms with E-state index in [4.69, 9.17) is 32.7 Å². The van der Waals surface area contributed by atoms with E-state index in [1.165, 1.54) is 7.14 Å². The number of ether oxygens (including phenoxy) is 2. The summed E-state index contributed by atoms with van der Waals surface area (Å²) in [6.45, 7) is 1.08. The van der Waals surface area contributed by atoms with Crippen LogP contribution in [0.4, 0.5) is 25.2 Å². The first kappa shape index (κ1) is 25.4. The molecule has 0 spiro atoms. The van der Waals surface area contributed by atoms with Crippen molar-refractivity contribution in [3.63, 3.8) is 0 Å². The van der Waals surface area contributed by atoms with Crippen LogP contribution in [0.3, 0.4) is 0 Å². The van der Waals surface area contributed by atoms with Crippen LogP contribution in [0.15, 0.2) is 48.5 Å². The monoisotopic (exact) mass is 582 g/mol. The summed E-state index contributed by atoms with van der Waals surface area (Å²) in [4.78, 5) is 0. The van der Waals surface area contributed by atoms with Crippen LogP contribution in [0.1, 0.15) is 0 Å². The molecule has 0 heterocycles. The molecule has 0 aliphatic rings. The molecule has 160 valence electrons. The summed E-state index contributed by atoms with van der Waals surface area (Å²) in [6.07, 6.45) is 0. The summed E-state index contributed by atoms with van der Waals surface area (Å²) >= 11 is 11.0. The van der Waals surface area contributed by atoms with Gasteiger partial charge in [-0.1, -0.05) is 0 Å². The molecule has 0 aromatic heterocycles. The normalized spacial score (nSPS) is 13.6. The first-order chi connectivity index (χ1) is 12.8. The summed E-state index contributed by atoms with van der Waals surface area (Å²) in [5, 5.41) is 0. The molecule has 28 heavy (non-hydrogen) atoms. The van der Waals surface area contributed by atoms with Gasteiger partial charge in [0.25, 0.3) is 0 Å². The fourth-order valence-electron chi connectivity index (χ4n) is 1.63. The van der Waals surface area contributed by atoms with Crippen molar-refractivity contribution in [1.82, 2.24) is 0 Å². The molecule has 12 heteroatoms. The van der Waals surface area contributed by atoms with Crippen LogP contribution in [0.25, 0.3) is 0 Å². The summed E-state index contributed by atoms with van der Waals surface area (Å²) in [5.41, 5.74) is 0. The molecule has 0 aliphatic heterocycles. The Balaban J connectivity index is 0.000000480. The van der Waals surface area contributed by atoms with Gasteiger partial charge in [0.2, 0.25) is 0 Å². The van der Waals surface area contributed by atoms with Crippen LogP contribution in [0.5, 0.6) is 11.5 Å². The van der Waals surface area contributed by atoms with Gasteiger partial charge in [-0.15, -0.1) is 23.2 Å². The average Bonchev–Trinajstić information content (AvgIpc) is 2.58. The average molecular weight is 583 g/mol. The predicted molar refractivity (Wildman–Crippen MR) is 96.3 cm³/mol. The van der Waals surface area contributed by atoms with Crippen LogP contribution < -0.4 is 30.7 Å². The van der Waals surface area contributed by atoms with Crippen molar-refractivity contribution in [3.8, 4) is 11.5 Å². The number of alkyl halides is 2. The van der Waals surface area contributed by atoms with E-state index in [-0.39, 0.29) is 21.2 Å². The zero-order valence-corrected chi connectivity index (χ0v) is 18.7. The van der Waals surface area contributed by atoms with Crippen molar-refractivity contribution in [2.45, 2.75) is 0 Å². The van der Waals surface area contributed by atoms with E-state index in [9.17, 15) is 25.2 Å². The van der Waals surface area contributed by atoms with Gasteiger partial charge in [0.1, 0.15) is 24.7 Å². The van der Waals surface area contributed by atoms with E-state index >= 15 is 0 Å². The molecular formula is C16H16Cl2F6IO2P. The van der Waals surface area contributed by atoms with Crippen LogP contribution in [0.2, 0.25) is 0 Å². The minimum atomic E-state index is -10.7. The Hall–Kier alpha value is -0.640. The van der Waals surface area contributed by atoms with E-state index in [0.717, 1.165) is 11.5 Å². The van der Waals surface area contributed by atoms with Gasteiger partial charge in [-0.3, -0.25) is 0 Å². The number of halogens is 9. The molecule has 0 N–H and O–H groups in total. The Morgan fingerprint density at radius 2 is 0.929 bits per heavy atom. The van der Waals surface area contributed by atoms with Gasteiger partial charge >= 0.3 is 54.2 Å². The Morgan fingerprint density at radius 1 is 0.643 bits per heavy atom. The fraction of sp³-hybridized carbons (Fsp3) is 0.250. The summed E-state index contributed by atoms with van der Waals surface area (Å²) < 4.78 is 72.8. The van der Waals surface area contributed by atoms with Crippen LogP contribution in [-0.2, 0) is 0 Å². The molecule has 0 aliphatic carbocycles. The predicted octanol–water partition coefficient (Wildman–Crippen LogP) is 4.43. The van der Waals surface area contributed by atoms with Crippen molar-refractivity contribution in [1.29, 1.82) is 0 Å². The van der Waals surface area contributed by atoms with Crippen LogP contribution in [0, 0.1) is 7.14 Å². The molecule has 0 bridgehead atoms. The van der Waals surface area contributed by atoms with Gasteiger partial charge in [-0.25, -0.2) is 0 Å². The Kier molecular flexibility index (Phi) is 8.99. The van der Waals surface area contributed by atoms with E-state index in [0.29, 0.717) is 25.0 Å². The maximum atomic E-state index is 9.87. The zero-order chi connectivity index (χ0) is 21.3. The number of hydrogen-bond acceptors (Lipinski definition) is 2. The number of hydrogen-bond donors (Lipinski definition) is 0. The molecule has 0 fully saturated rings. The first-order valence-corrected chi connectivity index (χ1v) is 12.8. The van der Waals surface area contributed by atoms with E-state index in [1.54, 1.807) is 0 Å². The molecule has 0 radical (unpaired) electrons. The van der Waals surface area contributed by atoms with E-state index in [1.807, 2.05) is 24.3 Å². The van der Waals surface area contributed by atoms with Crippen LogP contribution >= 0.6 is 31.0 Å². The first-order valence-electron chi connectivity index (χ1n) is 7.56. The third kappa shape index (κ3) is 15.3. The van der Waals surface area contributed by atoms with Crippen molar-refractivity contribution in [2.75, 3.05) is 25.0 Å². The minimum absolute atomic E-state index is 0.187. The summed E-state index contributed by atoms with van der Waals surface area (Å²) in [6, 6.07) is 16.5. The SMILES string of the molecule is ClCCOc1ccc([I+]c2ccc(OCCCl)cc2)cc1.F[P-](F)(F)(F)(F)F. The number of benzene rings is 2. The molecule has 2 aromatic carbocycles. The molecule has 2 rings (SSSR count). The third-order valence-corrected chi connectivity index (χ3v) is 5.53. The van der Waals surface area contributed by atoms with E-state index in [2.05, 4.69) is 24.3 Å². The maximum absolute atomic E-state index is 10.7. The molecule has 0 saturated carbocycles. The molecule has 0 atom stereocenters. The molecule has 2 nitrogen and oxygen atoms in total. The van der Waals surface area contributed by atoms with E-state index < -0.39 is 7.81 Å². The molecule has 0 amide bonds. The Morgan fingerprint density at radius 3 is 1.18 bits per heavy atom. The Labute approximate surface area is 178 Å². The van der Waals surface area contributed by atoms with Gasteiger partial charge in [-0.05, 0) is 48.5 Å². The topological polar surface area (TPSA) is 18.5 Å². The zero-order valence-electron chi connectivity index (χ0n) is 14.1. The molecule has 2 aromatic rings. The molecular weight excluding hydrogens is 567 g/mol. The Bertz CT molecular complexity index is 667. The fourth-order valence-corrected chi connectivity index (χ4v) is 3.94. The number of rotatable bonds is 8. The second kappa shape index (κ2) is 9.91.